The van der Waals surface area contributed by atoms with Gasteiger partial charge in [0, 0.05) is 10.9 Å². The molecule has 0 atom stereocenters. The Morgan fingerprint density at radius 3 is 2.72 bits per heavy atom. The fraction of sp³-hybridized carbons (Fsp3) is 0.545. The lowest BCUT2D eigenvalue weighted by Gasteiger charge is -2.22. The molecule has 2 amide bonds. The predicted octanol–water partition coefficient (Wildman–Crippen LogP) is 2.98. The van der Waals surface area contributed by atoms with Crippen molar-refractivity contribution < 1.29 is 18.0 Å². The minimum absolute atomic E-state index is 0.0836. The van der Waals surface area contributed by atoms with Crippen LogP contribution in [0.3, 0.4) is 0 Å². The Hall–Kier alpha value is -1.24. The topological polar surface area (TPSA) is 32.3 Å². The van der Waals surface area contributed by atoms with Crippen molar-refractivity contribution in [2.45, 2.75) is 31.6 Å². The maximum Gasteiger partial charge on any atom is 0.405 e. The molecule has 1 aromatic rings. The Balaban J connectivity index is 1.91. The molecule has 0 aliphatic heterocycles. The third kappa shape index (κ3) is 3.90. The smallest absolute Gasteiger partial charge is 0.329 e. The van der Waals surface area contributed by atoms with Gasteiger partial charge in [-0.05, 0) is 24.3 Å². The van der Waals surface area contributed by atoms with Crippen molar-refractivity contribution in [2.75, 3.05) is 6.54 Å². The Morgan fingerprint density at radius 1 is 1.50 bits per heavy atom. The zero-order chi connectivity index (χ0) is 13.2. The van der Waals surface area contributed by atoms with Crippen LogP contribution in [0.2, 0.25) is 0 Å². The normalized spacial score (nSPS) is 15.5. The van der Waals surface area contributed by atoms with E-state index in [9.17, 15) is 18.0 Å². The molecular weight excluding hydrogens is 265 g/mol. The van der Waals surface area contributed by atoms with Crippen LogP contribution in [0.5, 0.6) is 0 Å². The number of hydrogen-bond donors (Lipinski definition) is 1. The van der Waals surface area contributed by atoms with Gasteiger partial charge in [0.1, 0.15) is 6.54 Å². The van der Waals surface area contributed by atoms with Crippen LogP contribution >= 0.6 is 11.3 Å². The number of amides is 2. The molecule has 0 saturated heterocycles. The SMILES string of the molecule is O=C(NCC(F)(F)F)N(Cc1cccs1)C1CC1. The van der Waals surface area contributed by atoms with E-state index < -0.39 is 18.8 Å². The van der Waals surface area contributed by atoms with Crippen LogP contribution in [0.4, 0.5) is 18.0 Å². The van der Waals surface area contributed by atoms with E-state index in [-0.39, 0.29) is 6.04 Å². The second-order valence-electron chi connectivity index (χ2n) is 4.21. The first kappa shape index (κ1) is 13.2. The van der Waals surface area contributed by atoms with Crippen LogP contribution < -0.4 is 5.32 Å². The molecule has 0 unspecified atom stereocenters. The standard InChI is InChI=1S/C11H13F3N2OS/c12-11(13,14)7-15-10(17)16(8-3-4-8)6-9-2-1-5-18-9/h1-2,5,8H,3-4,6-7H2,(H,15,17). The summed E-state index contributed by atoms with van der Waals surface area (Å²) in [6.45, 7) is -0.897. The predicted molar refractivity (Wildman–Crippen MR) is 62.3 cm³/mol. The molecule has 100 valence electrons. The summed E-state index contributed by atoms with van der Waals surface area (Å²) in [7, 11) is 0. The number of thiophene rings is 1. The van der Waals surface area contributed by atoms with Crippen LogP contribution in [0.1, 0.15) is 17.7 Å². The molecular formula is C11H13F3N2OS. The molecule has 18 heavy (non-hydrogen) atoms. The highest BCUT2D eigenvalue weighted by Crippen LogP contribution is 2.29. The van der Waals surface area contributed by atoms with Gasteiger partial charge in [-0.2, -0.15) is 13.2 Å². The molecule has 1 N–H and O–H groups in total. The molecule has 1 aromatic heterocycles. The highest BCUT2D eigenvalue weighted by molar-refractivity contribution is 7.09. The summed E-state index contributed by atoms with van der Waals surface area (Å²) in [6, 6.07) is 3.18. The molecule has 1 heterocycles. The third-order valence-corrected chi connectivity index (χ3v) is 3.46. The first-order valence-corrected chi connectivity index (χ1v) is 6.47. The lowest BCUT2D eigenvalue weighted by Crippen LogP contribution is -2.44. The fourth-order valence-corrected chi connectivity index (χ4v) is 2.30. The van der Waals surface area contributed by atoms with E-state index >= 15 is 0 Å². The Morgan fingerprint density at radius 2 is 2.22 bits per heavy atom. The number of urea groups is 1. The second kappa shape index (κ2) is 5.17. The number of carbonyl (C=O) groups excluding carboxylic acids is 1. The van der Waals surface area contributed by atoms with Crippen LogP contribution in [-0.4, -0.2) is 29.7 Å². The summed E-state index contributed by atoms with van der Waals surface area (Å²) < 4.78 is 36.1. The molecule has 0 bridgehead atoms. The average molecular weight is 278 g/mol. The number of carbonyl (C=O) groups is 1. The number of rotatable bonds is 4. The summed E-state index contributed by atoms with van der Waals surface area (Å²) in [5, 5.41) is 3.81. The zero-order valence-electron chi connectivity index (χ0n) is 9.54. The Kier molecular flexibility index (Phi) is 3.79. The number of hydrogen-bond acceptors (Lipinski definition) is 2. The lowest BCUT2D eigenvalue weighted by molar-refractivity contribution is -0.123. The third-order valence-electron chi connectivity index (χ3n) is 2.59. The molecule has 2 rings (SSSR count). The van der Waals surface area contributed by atoms with Crippen molar-refractivity contribution in [3.05, 3.63) is 22.4 Å². The highest BCUT2D eigenvalue weighted by Gasteiger charge is 2.35. The minimum atomic E-state index is -4.37. The second-order valence-corrected chi connectivity index (χ2v) is 5.24. The summed E-state index contributed by atoms with van der Waals surface area (Å²) in [5.41, 5.74) is 0. The highest BCUT2D eigenvalue weighted by atomic mass is 32.1. The van der Waals surface area contributed by atoms with Gasteiger partial charge < -0.3 is 10.2 Å². The molecule has 1 fully saturated rings. The first-order valence-electron chi connectivity index (χ1n) is 5.59. The molecule has 0 spiro atoms. The largest absolute Gasteiger partial charge is 0.405 e. The van der Waals surface area contributed by atoms with E-state index in [1.54, 1.807) is 0 Å². The monoisotopic (exact) mass is 278 g/mol. The first-order chi connectivity index (χ1) is 8.46. The van der Waals surface area contributed by atoms with E-state index in [1.807, 2.05) is 22.8 Å². The van der Waals surface area contributed by atoms with E-state index in [1.165, 1.54) is 16.2 Å². The maximum absolute atomic E-state index is 12.0. The Labute approximate surface area is 107 Å². The number of nitrogens with one attached hydrogen (secondary N) is 1. The van der Waals surface area contributed by atoms with Gasteiger partial charge in [-0.3, -0.25) is 0 Å². The summed E-state index contributed by atoms with van der Waals surface area (Å²) in [4.78, 5) is 14.2. The van der Waals surface area contributed by atoms with Crippen molar-refractivity contribution in [3.8, 4) is 0 Å². The van der Waals surface area contributed by atoms with Crippen LogP contribution in [0.15, 0.2) is 17.5 Å². The van der Waals surface area contributed by atoms with Crippen molar-refractivity contribution in [3.63, 3.8) is 0 Å². The molecule has 0 radical (unpaired) electrons. The molecule has 1 saturated carbocycles. The average Bonchev–Trinajstić information content (AvgIpc) is 2.99. The maximum atomic E-state index is 12.0. The van der Waals surface area contributed by atoms with Gasteiger partial charge in [-0.15, -0.1) is 11.3 Å². The van der Waals surface area contributed by atoms with Gasteiger partial charge in [0.2, 0.25) is 0 Å². The van der Waals surface area contributed by atoms with E-state index in [4.69, 9.17) is 0 Å². The Bertz CT molecular complexity index is 401. The number of halogens is 3. The fourth-order valence-electron chi connectivity index (χ4n) is 1.60. The van der Waals surface area contributed by atoms with Gasteiger partial charge in [0.05, 0.1) is 6.54 Å². The summed E-state index contributed by atoms with van der Waals surface area (Å²) >= 11 is 1.49. The van der Waals surface area contributed by atoms with E-state index in [0.29, 0.717) is 6.54 Å². The minimum Gasteiger partial charge on any atom is -0.329 e. The van der Waals surface area contributed by atoms with E-state index in [2.05, 4.69) is 0 Å². The molecule has 1 aliphatic carbocycles. The van der Waals surface area contributed by atoms with Gasteiger partial charge >= 0.3 is 12.2 Å². The number of alkyl halides is 3. The van der Waals surface area contributed by atoms with Crippen LogP contribution in [0.25, 0.3) is 0 Å². The molecule has 0 aromatic carbocycles. The summed E-state index contributed by atoms with van der Waals surface area (Å²) in [6.07, 6.45) is -2.64. The lowest BCUT2D eigenvalue weighted by atomic mass is 10.4. The molecule has 1 aliphatic rings. The molecule has 3 nitrogen and oxygen atoms in total. The van der Waals surface area contributed by atoms with Crippen LogP contribution in [-0.2, 0) is 6.54 Å². The van der Waals surface area contributed by atoms with Gasteiger partial charge in [0.15, 0.2) is 0 Å². The number of nitrogens with zero attached hydrogens (tertiary/aromatic N) is 1. The van der Waals surface area contributed by atoms with Crippen molar-refractivity contribution in [2.24, 2.45) is 0 Å². The van der Waals surface area contributed by atoms with Crippen molar-refractivity contribution in [1.29, 1.82) is 0 Å². The van der Waals surface area contributed by atoms with Gasteiger partial charge in [-0.25, -0.2) is 4.79 Å². The van der Waals surface area contributed by atoms with Crippen molar-refractivity contribution >= 4 is 17.4 Å². The van der Waals surface area contributed by atoms with Crippen molar-refractivity contribution in [1.82, 2.24) is 10.2 Å². The van der Waals surface area contributed by atoms with Gasteiger partial charge in [0.25, 0.3) is 0 Å². The summed E-state index contributed by atoms with van der Waals surface area (Å²) in [5.74, 6) is 0. The molecule has 7 heteroatoms. The van der Waals surface area contributed by atoms with E-state index in [0.717, 1.165) is 17.7 Å². The van der Waals surface area contributed by atoms with Gasteiger partial charge in [-0.1, -0.05) is 6.07 Å². The quantitative estimate of drug-likeness (QED) is 0.902. The zero-order valence-corrected chi connectivity index (χ0v) is 10.4. The van der Waals surface area contributed by atoms with Crippen LogP contribution in [0, 0.1) is 0 Å².